The highest BCUT2D eigenvalue weighted by molar-refractivity contribution is 8.26. The lowest BCUT2D eigenvalue weighted by atomic mass is 10.2. The summed E-state index contributed by atoms with van der Waals surface area (Å²) in [7, 11) is -3.10. The molecule has 0 saturated carbocycles. The first-order valence-corrected chi connectivity index (χ1v) is 10.8. The zero-order chi connectivity index (χ0) is 18.9. The fraction of sp³-hybridized carbons (Fsp3) is 0.312. The Balaban J connectivity index is 1.65. The van der Waals surface area contributed by atoms with Gasteiger partial charge in [0.05, 0.1) is 16.4 Å². The monoisotopic (exact) mass is 414 g/mol. The Morgan fingerprint density at radius 2 is 2.23 bits per heavy atom. The number of thiocarbonyl (C=S) groups is 1. The van der Waals surface area contributed by atoms with E-state index in [0.717, 1.165) is 16.7 Å². The summed E-state index contributed by atoms with van der Waals surface area (Å²) < 4.78 is 36.4. The number of rotatable bonds is 4. The minimum Gasteiger partial charge on any atom is -0.351 e. The van der Waals surface area contributed by atoms with E-state index in [4.69, 9.17) is 12.2 Å². The largest absolute Gasteiger partial charge is 0.351 e. The average Bonchev–Trinajstić information content (AvgIpc) is 3.01. The van der Waals surface area contributed by atoms with E-state index in [1.807, 2.05) is 0 Å². The van der Waals surface area contributed by atoms with E-state index in [2.05, 4.69) is 5.32 Å². The van der Waals surface area contributed by atoms with Gasteiger partial charge in [-0.15, -0.1) is 0 Å². The number of nitrogens with one attached hydrogen (secondary N) is 1. The molecule has 26 heavy (non-hydrogen) atoms. The van der Waals surface area contributed by atoms with Crippen LogP contribution in [0, 0.1) is 5.82 Å². The second kappa shape index (κ2) is 7.45. The molecule has 0 spiro atoms. The van der Waals surface area contributed by atoms with Gasteiger partial charge in [-0.2, -0.15) is 0 Å². The van der Waals surface area contributed by atoms with Crippen molar-refractivity contribution in [3.05, 3.63) is 40.6 Å². The molecule has 2 heterocycles. The molecule has 1 aromatic carbocycles. The van der Waals surface area contributed by atoms with Gasteiger partial charge in [0.2, 0.25) is 5.91 Å². The SMILES string of the molecule is O=C(CN1C(=O)/C(=C/c2cccc(F)c2)SC1=S)N[C@H]1CCS(=O)(=O)C1. The number of hydrogen-bond acceptors (Lipinski definition) is 6. The third kappa shape index (κ3) is 4.49. The summed E-state index contributed by atoms with van der Waals surface area (Å²) in [6, 6.07) is 5.35. The van der Waals surface area contributed by atoms with Crippen LogP contribution in [0.2, 0.25) is 0 Å². The number of thioether (sulfide) groups is 1. The summed E-state index contributed by atoms with van der Waals surface area (Å²) in [5.41, 5.74) is 0.520. The van der Waals surface area contributed by atoms with E-state index in [9.17, 15) is 22.4 Å². The Morgan fingerprint density at radius 1 is 1.46 bits per heavy atom. The molecule has 3 rings (SSSR count). The molecule has 6 nitrogen and oxygen atoms in total. The van der Waals surface area contributed by atoms with E-state index in [1.165, 1.54) is 24.3 Å². The number of halogens is 1. The van der Waals surface area contributed by atoms with Gasteiger partial charge in [0.25, 0.3) is 5.91 Å². The van der Waals surface area contributed by atoms with Crippen molar-refractivity contribution in [3.63, 3.8) is 0 Å². The Hall–Kier alpha value is -1.78. The fourth-order valence-electron chi connectivity index (χ4n) is 2.71. The number of carbonyl (C=O) groups is 2. The minimum absolute atomic E-state index is 0.0510. The van der Waals surface area contributed by atoms with Crippen molar-refractivity contribution in [2.75, 3.05) is 18.1 Å². The lowest BCUT2D eigenvalue weighted by molar-refractivity contribution is -0.129. The number of carbonyl (C=O) groups excluding carboxylic acids is 2. The van der Waals surface area contributed by atoms with Gasteiger partial charge in [-0.05, 0) is 30.2 Å². The first-order chi connectivity index (χ1) is 12.2. The summed E-state index contributed by atoms with van der Waals surface area (Å²) in [4.78, 5) is 26.0. The van der Waals surface area contributed by atoms with Gasteiger partial charge in [0, 0.05) is 6.04 Å². The summed E-state index contributed by atoms with van der Waals surface area (Å²) in [6.45, 7) is -0.276. The maximum absolute atomic E-state index is 13.3. The molecule has 10 heteroatoms. The zero-order valence-electron chi connectivity index (χ0n) is 13.5. The molecule has 0 radical (unpaired) electrons. The van der Waals surface area contributed by atoms with Crippen molar-refractivity contribution in [3.8, 4) is 0 Å². The molecular formula is C16H15FN2O4S3. The molecule has 2 fully saturated rings. The van der Waals surface area contributed by atoms with E-state index < -0.39 is 33.5 Å². The van der Waals surface area contributed by atoms with Crippen LogP contribution in [0.4, 0.5) is 4.39 Å². The van der Waals surface area contributed by atoms with Crippen LogP contribution in [0.5, 0.6) is 0 Å². The first-order valence-electron chi connectivity index (χ1n) is 7.74. The Labute approximate surface area is 159 Å². The van der Waals surface area contributed by atoms with Crippen LogP contribution in [0.1, 0.15) is 12.0 Å². The van der Waals surface area contributed by atoms with Crippen LogP contribution in [-0.4, -0.2) is 53.5 Å². The third-order valence-electron chi connectivity index (χ3n) is 3.92. The van der Waals surface area contributed by atoms with Crippen LogP contribution < -0.4 is 5.32 Å². The number of nitrogens with zero attached hydrogens (tertiary/aromatic N) is 1. The second-order valence-corrected chi connectivity index (χ2v) is 9.89. The van der Waals surface area contributed by atoms with Crippen molar-refractivity contribution in [2.24, 2.45) is 0 Å². The molecule has 1 atom stereocenters. The topological polar surface area (TPSA) is 83.6 Å². The van der Waals surface area contributed by atoms with E-state index in [1.54, 1.807) is 6.07 Å². The molecule has 138 valence electrons. The van der Waals surface area contributed by atoms with Gasteiger partial charge in [0.15, 0.2) is 9.84 Å². The standard InChI is InChI=1S/C16H15FN2O4S3/c17-11-3-1-2-10(6-11)7-13-15(21)19(16(24)25-13)8-14(20)18-12-4-5-26(22,23)9-12/h1-3,6-7,12H,4-5,8-9H2,(H,18,20)/b13-7-/t12-/m0/s1. The van der Waals surface area contributed by atoms with Gasteiger partial charge in [-0.3, -0.25) is 14.5 Å². The Kier molecular flexibility index (Phi) is 5.44. The highest BCUT2D eigenvalue weighted by Gasteiger charge is 2.35. The normalized spacial score (nSPS) is 23.7. The quantitative estimate of drug-likeness (QED) is 0.591. The fourth-order valence-corrected chi connectivity index (χ4v) is 5.64. The minimum atomic E-state index is -3.10. The van der Waals surface area contributed by atoms with Crippen molar-refractivity contribution >= 4 is 56.0 Å². The van der Waals surface area contributed by atoms with Crippen molar-refractivity contribution in [2.45, 2.75) is 12.5 Å². The molecular weight excluding hydrogens is 399 g/mol. The second-order valence-electron chi connectivity index (χ2n) is 5.99. The third-order valence-corrected chi connectivity index (χ3v) is 7.07. The van der Waals surface area contributed by atoms with Crippen LogP contribution in [0.25, 0.3) is 6.08 Å². The summed E-state index contributed by atoms with van der Waals surface area (Å²) in [5.74, 6) is -1.35. The number of sulfone groups is 1. The lowest BCUT2D eigenvalue weighted by Crippen LogP contribution is -2.43. The van der Waals surface area contributed by atoms with E-state index >= 15 is 0 Å². The first kappa shape index (κ1) is 19.0. The number of amides is 2. The van der Waals surface area contributed by atoms with Gasteiger partial charge in [0.1, 0.15) is 16.7 Å². The maximum atomic E-state index is 13.3. The number of benzene rings is 1. The van der Waals surface area contributed by atoms with Crippen LogP contribution in [0.3, 0.4) is 0 Å². The molecule has 0 bridgehead atoms. The highest BCUT2D eigenvalue weighted by Crippen LogP contribution is 2.32. The molecule has 2 aliphatic rings. The van der Waals surface area contributed by atoms with Gasteiger partial charge in [-0.25, -0.2) is 12.8 Å². The van der Waals surface area contributed by atoms with Crippen LogP contribution in [-0.2, 0) is 19.4 Å². The number of hydrogen-bond donors (Lipinski definition) is 1. The maximum Gasteiger partial charge on any atom is 0.266 e. The lowest BCUT2D eigenvalue weighted by Gasteiger charge is -2.16. The van der Waals surface area contributed by atoms with Gasteiger partial charge in [-0.1, -0.05) is 36.1 Å². The molecule has 0 aliphatic carbocycles. The summed E-state index contributed by atoms with van der Waals surface area (Å²) >= 11 is 6.19. The van der Waals surface area contributed by atoms with E-state index in [-0.39, 0.29) is 22.4 Å². The molecule has 2 aliphatic heterocycles. The summed E-state index contributed by atoms with van der Waals surface area (Å²) in [6.07, 6.45) is 1.88. The van der Waals surface area contributed by atoms with Crippen LogP contribution in [0.15, 0.2) is 29.2 Å². The van der Waals surface area contributed by atoms with Crippen molar-refractivity contribution in [1.82, 2.24) is 10.2 Å². The van der Waals surface area contributed by atoms with Crippen molar-refractivity contribution in [1.29, 1.82) is 0 Å². The zero-order valence-corrected chi connectivity index (χ0v) is 15.9. The van der Waals surface area contributed by atoms with Crippen LogP contribution >= 0.6 is 24.0 Å². The Bertz CT molecular complexity index is 914. The van der Waals surface area contributed by atoms with Gasteiger partial charge < -0.3 is 5.32 Å². The highest BCUT2D eigenvalue weighted by atomic mass is 32.2. The van der Waals surface area contributed by atoms with E-state index in [0.29, 0.717) is 16.9 Å². The predicted octanol–water partition coefficient (Wildman–Crippen LogP) is 1.33. The molecule has 1 aromatic rings. The molecule has 2 saturated heterocycles. The summed E-state index contributed by atoms with van der Waals surface area (Å²) in [5, 5.41) is 2.62. The predicted molar refractivity (Wildman–Crippen MR) is 101 cm³/mol. The van der Waals surface area contributed by atoms with Gasteiger partial charge >= 0.3 is 0 Å². The molecule has 2 amide bonds. The Morgan fingerprint density at radius 3 is 2.88 bits per heavy atom. The molecule has 0 unspecified atom stereocenters. The smallest absolute Gasteiger partial charge is 0.266 e. The molecule has 0 aromatic heterocycles. The average molecular weight is 415 g/mol. The van der Waals surface area contributed by atoms with Crippen molar-refractivity contribution < 1.29 is 22.4 Å². The molecule has 1 N–H and O–H groups in total.